The van der Waals surface area contributed by atoms with Crippen molar-refractivity contribution in [2.75, 3.05) is 24.3 Å². The van der Waals surface area contributed by atoms with Gasteiger partial charge in [0, 0.05) is 7.05 Å². The number of aromatic nitrogens is 2. The highest BCUT2D eigenvalue weighted by atomic mass is 16.5. The molecule has 0 spiro atoms. The molecule has 2 rings (SSSR count). The first-order valence-corrected chi connectivity index (χ1v) is 6.19. The second-order valence-electron chi connectivity index (χ2n) is 4.20. The number of anilines is 2. The van der Waals surface area contributed by atoms with E-state index in [1.807, 2.05) is 31.0 Å². The van der Waals surface area contributed by atoms with Crippen molar-refractivity contribution in [3.63, 3.8) is 0 Å². The van der Waals surface area contributed by atoms with Gasteiger partial charge in [-0.25, -0.2) is 4.98 Å². The normalized spacial score (nSPS) is 10.4. The Bertz CT molecular complexity index is 513. The van der Waals surface area contributed by atoms with Gasteiger partial charge in [-0.15, -0.1) is 0 Å². The summed E-state index contributed by atoms with van der Waals surface area (Å²) in [6.07, 6.45) is 4.00. The minimum Gasteiger partial charge on any atom is -0.476 e. The van der Waals surface area contributed by atoms with Crippen LogP contribution in [0.2, 0.25) is 0 Å². The zero-order chi connectivity index (χ0) is 13.7. The van der Waals surface area contributed by atoms with Crippen LogP contribution in [0.25, 0.3) is 0 Å². The lowest BCUT2D eigenvalue weighted by Crippen LogP contribution is -2.19. The van der Waals surface area contributed by atoms with Gasteiger partial charge in [0.15, 0.2) is 5.82 Å². The van der Waals surface area contributed by atoms with Gasteiger partial charge in [-0.2, -0.15) is 4.98 Å². The summed E-state index contributed by atoms with van der Waals surface area (Å²) in [5.41, 5.74) is 6.48. The maximum Gasteiger partial charge on any atom is 0.242 e. The molecule has 0 saturated heterocycles. The molecule has 0 aromatic carbocycles. The highest BCUT2D eigenvalue weighted by Crippen LogP contribution is 2.28. The van der Waals surface area contributed by atoms with Crippen LogP contribution in [0, 0.1) is 0 Å². The zero-order valence-electron chi connectivity index (χ0n) is 11.2. The number of hydrogen-bond acceptors (Lipinski definition) is 6. The maximum absolute atomic E-state index is 6.03. The second kappa shape index (κ2) is 6.08. The van der Waals surface area contributed by atoms with Crippen molar-refractivity contribution in [2.24, 2.45) is 0 Å². The molecule has 6 heteroatoms. The van der Waals surface area contributed by atoms with Crippen LogP contribution < -0.4 is 15.4 Å². The van der Waals surface area contributed by atoms with Gasteiger partial charge >= 0.3 is 0 Å². The van der Waals surface area contributed by atoms with Crippen LogP contribution in [0.5, 0.6) is 5.88 Å². The van der Waals surface area contributed by atoms with E-state index < -0.39 is 0 Å². The van der Waals surface area contributed by atoms with E-state index in [9.17, 15) is 0 Å². The predicted molar refractivity (Wildman–Crippen MR) is 73.0 cm³/mol. The molecule has 0 radical (unpaired) electrons. The highest BCUT2D eigenvalue weighted by molar-refractivity contribution is 5.67. The summed E-state index contributed by atoms with van der Waals surface area (Å²) in [4.78, 5) is 10.1. The third-order valence-electron chi connectivity index (χ3n) is 2.60. The van der Waals surface area contributed by atoms with E-state index in [1.54, 1.807) is 6.26 Å². The molecule has 19 heavy (non-hydrogen) atoms. The van der Waals surface area contributed by atoms with Gasteiger partial charge in [0.25, 0.3) is 0 Å². The molecule has 0 bridgehead atoms. The molecule has 0 unspecified atom stereocenters. The molecule has 2 heterocycles. The summed E-state index contributed by atoms with van der Waals surface area (Å²) in [6, 6.07) is 3.75. The lowest BCUT2D eigenvalue weighted by Gasteiger charge is -2.19. The molecule has 102 valence electrons. The standard InChI is InChI=1S/C13H18N4O2/c1-3-6-19-13-11(14)12(15-9-16-13)17(2)8-10-5-4-7-18-10/h4-5,7,9H,3,6,8,14H2,1-2H3. The van der Waals surface area contributed by atoms with Crippen LogP contribution in [0.1, 0.15) is 19.1 Å². The number of rotatable bonds is 6. The van der Waals surface area contributed by atoms with Crippen molar-refractivity contribution in [1.82, 2.24) is 9.97 Å². The number of furan rings is 1. The molecule has 0 aliphatic carbocycles. The topological polar surface area (TPSA) is 77.4 Å². The summed E-state index contributed by atoms with van der Waals surface area (Å²) in [5, 5.41) is 0. The van der Waals surface area contributed by atoms with Crippen molar-refractivity contribution < 1.29 is 9.15 Å². The molecule has 0 saturated carbocycles. The van der Waals surface area contributed by atoms with Crippen LogP contribution in [0.3, 0.4) is 0 Å². The van der Waals surface area contributed by atoms with Crippen molar-refractivity contribution in [1.29, 1.82) is 0 Å². The lowest BCUT2D eigenvalue weighted by atomic mass is 10.3. The van der Waals surface area contributed by atoms with E-state index in [0.29, 0.717) is 30.5 Å². The van der Waals surface area contributed by atoms with Crippen molar-refractivity contribution in [3.05, 3.63) is 30.5 Å². The Morgan fingerprint density at radius 2 is 2.26 bits per heavy atom. The number of nitrogens with zero attached hydrogens (tertiary/aromatic N) is 3. The summed E-state index contributed by atoms with van der Waals surface area (Å²) in [7, 11) is 1.89. The van der Waals surface area contributed by atoms with E-state index >= 15 is 0 Å². The summed E-state index contributed by atoms with van der Waals surface area (Å²) >= 11 is 0. The molecule has 0 fully saturated rings. The number of hydrogen-bond donors (Lipinski definition) is 1. The Kier molecular flexibility index (Phi) is 4.22. The molecular formula is C13H18N4O2. The molecule has 0 aliphatic heterocycles. The first kappa shape index (κ1) is 13.2. The Labute approximate surface area is 112 Å². The van der Waals surface area contributed by atoms with Gasteiger partial charge in [-0.3, -0.25) is 0 Å². The van der Waals surface area contributed by atoms with Crippen LogP contribution in [-0.4, -0.2) is 23.6 Å². The third kappa shape index (κ3) is 3.15. The van der Waals surface area contributed by atoms with Crippen molar-refractivity contribution in [3.8, 4) is 5.88 Å². The second-order valence-corrected chi connectivity index (χ2v) is 4.20. The predicted octanol–water partition coefficient (Wildman–Crippen LogP) is 2.08. The minimum atomic E-state index is 0.429. The SMILES string of the molecule is CCCOc1ncnc(N(C)Cc2ccco2)c1N. The Balaban J connectivity index is 2.14. The average Bonchev–Trinajstić information content (AvgIpc) is 2.90. The molecule has 2 N–H and O–H groups in total. The van der Waals surface area contributed by atoms with Crippen LogP contribution in [-0.2, 0) is 6.54 Å². The summed E-state index contributed by atoms with van der Waals surface area (Å²) in [5.74, 6) is 1.91. The third-order valence-corrected chi connectivity index (χ3v) is 2.60. The average molecular weight is 262 g/mol. The van der Waals surface area contributed by atoms with Crippen molar-refractivity contribution >= 4 is 11.5 Å². The number of nitrogens with two attached hydrogens (primary N) is 1. The minimum absolute atomic E-state index is 0.429. The Hall–Kier alpha value is -2.24. The van der Waals surface area contributed by atoms with E-state index in [2.05, 4.69) is 9.97 Å². The monoisotopic (exact) mass is 262 g/mol. The Morgan fingerprint density at radius 1 is 1.42 bits per heavy atom. The Morgan fingerprint density at radius 3 is 2.95 bits per heavy atom. The molecule has 6 nitrogen and oxygen atoms in total. The van der Waals surface area contributed by atoms with E-state index in [4.69, 9.17) is 14.9 Å². The van der Waals surface area contributed by atoms with Gasteiger partial charge in [-0.05, 0) is 18.6 Å². The van der Waals surface area contributed by atoms with Gasteiger partial charge < -0.3 is 19.8 Å². The van der Waals surface area contributed by atoms with E-state index in [0.717, 1.165) is 12.2 Å². The van der Waals surface area contributed by atoms with Crippen molar-refractivity contribution in [2.45, 2.75) is 19.9 Å². The molecule has 2 aromatic rings. The first-order valence-electron chi connectivity index (χ1n) is 6.19. The van der Waals surface area contributed by atoms with Gasteiger partial charge in [-0.1, -0.05) is 6.92 Å². The van der Waals surface area contributed by atoms with Gasteiger partial charge in [0.05, 0.1) is 19.4 Å². The lowest BCUT2D eigenvalue weighted by molar-refractivity contribution is 0.306. The molecule has 0 amide bonds. The molecule has 0 atom stereocenters. The van der Waals surface area contributed by atoms with Crippen LogP contribution in [0.4, 0.5) is 11.5 Å². The molecule has 0 aliphatic rings. The fourth-order valence-corrected chi connectivity index (χ4v) is 1.70. The fraction of sp³-hybridized carbons (Fsp3) is 0.385. The zero-order valence-corrected chi connectivity index (χ0v) is 11.2. The molecular weight excluding hydrogens is 244 g/mol. The largest absolute Gasteiger partial charge is 0.476 e. The molecule has 2 aromatic heterocycles. The summed E-state index contributed by atoms with van der Waals surface area (Å²) in [6.45, 7) is 3.20. The van der Waals surface area contributed by atoms with Crippen LogP contribution in [0.15, 0.2) is 29.1 Å². The number of ether oxygens (including phenoxy) is 1. The first-order chi connectivity index (χ1) is 9.22. The van der Waals surface area contributed by atoms with Gasteiger partial charge in [0.1, 0.15) is 17.8 Å². The smallest absolute Gasteiger partial charge is 0.242 e. The quantitative estimate of drug-likeness (QED) is 0.858. The number of nitrogen functional groups attached to an aromatic ring is 1. The van der Waals surface area contributed by atoms with E-state index in [1.165, 1.54) is 6.33 Å². The highest BCUT2D eigenvalue weighted by Gasteiger charge is 2.14. The maximum atomic E-state index is 6.03. The van der Waals surface area contributed by atoms with Gasteiger partial charge in [0.2, 0.25) is 5.88 Å². The van der Waals surface area contributed by atoms with E-state index in [-0.39, 0.29) is 0 Å². The fourth-order valence-electron chi connectivity index (χ4n) is 1.70. The van der Waals surface area contributed by atoms with Crippen LogP contribution >= 0.6 is 0 Å². The summed E-state index contributed by atoms with van der Waals surface area (Å²) < 4.78 is 10.8.